The second-order valence-corrected chi connectivity index (χ2v) is 6.57. The van der Waals surface area contributed by atoms with Crippen molar-refractivity contribution < 1.29 is 19.1 Å². The predicted octanol–water partition coefficient (Wildman–Crippen LogP) is 3.08. The summed E-state index contributed by atoms with van der Waals surface area (Å²) in [5.74, 6) is -0.450. The molecule has 0 aliphatic heterocycles. The summed E-state index contributed by atoms with van der Waals surface area (Å²) >= 11 is 0. The van der Waals surface area contributed by atoms with Crippen LogP contribution in [0.1, 0.15) is 36.7 Å². The molecule has 0 saturated carbocycles. The van der Waals surface area contributed by atoms with E-state index in [2.05, 4.69) is 11.9 Å². The fraction of sp³-hybridized carbons (Fsp3) is 0.444. The van der Waals surface area contributed by atoms with Crippen molar-refractivity contribution in [3.05, 3.63) is 35.9 Å². The smallest absolute Gasteiger partial charge is 0.407 e. The number of anilines is 1. The molecule has 6 heteroatoms. The predicted molar refractivity (Wildman–Crippen MR) is 95.4 cm³/mol. The van der Waals surface area contributed by atoms with Gasteiger partial charge in [-0.1, -0.05) is 6.58 Å². The van der Waals surface area contributed by atoms with E-state index < -0.39 is 17.7 Å². The average Bonchev–Trinajstić information content (AvgIpc) is 2.49. The molecule has 0 radical (unpaired) electrons. The van der Waals surface area contributed by atoms with Gasteiger partial charge in [-0.25, -0.2) is 9.59 Å². The number of methoxy groups -OCH3 is 1. The molecule has 1 N–H and O–H groups in total. The molecule has 1 amide bonds. The Bertz CT molecular complexity index is 630. The second-order valence-electron chi connectivity index (χ2n) is 6.57. The van der Waals surface area contributed by atoms with Crippen LogP contribution in [0.4, 0.5) is 10.5 Å². The quantitative estimate of drug-likeness (QED) is 0.838. The minimum Gasteiger partial charge on any atom is -0.465 e. The number of esters is 1. The second kappa shape index (κ2) is 7.86. The largest absolute Gasteiger partial charge is 0.465 e. The number of rotatable bonds is 5. The number of benzene rings is 1. The first kappa shape index (κ1) is 19.5. The number of alkyl carbamates (subject to hydrolysis) is 1. The molecular formula is C18H26N2O4. The van der Waals surface area contributed by atoms with Gasteiger partial charge in [0.1, 0.15) is 5.60 Å². The number of hydrogen-bond donors (Lipinski definition) is 1. The molecule has 0 unspecified atom stereocenters. The molecule has 0 aliphatic carbocycles. The van der Waals surface area contributed by atoms with Crippen molar-refractivity contribution >= 4 is 23.3 Å². The lowest BCUT2D eigenvalue weighted by molar-refractivity contribution is 0.0534. The molecule has 0 spiro atoms. The van der Waals surface area contributed by atoms with Crippen LogP contribution in [-0.2, 0) is 9.47 Å². The third-order valence-electron chi connectivity index (χ3n) is 3.15. The van der Waals surface area contributed by atoms with Crippen molar-refractivity contribution in [2.75, 3.05) is 32.6 Å². The lowest BCUT2D eigenvalue weighted by Gasteiger charge is -2.21. The highest BCUT2D eigenvalue weighted by Gasteiger charge is 2.18. The van der Waals surface area contributed by atoms with E-state index in [9.17, 15) is 9.59 Å². The van der Waals surface area contributed by atoms with Crippen LogP contribution >= 0.6 is 0 Å². The topological polar surface area (TPSA) is 67.9 Å². The Balaban J connectivity index is 2.97. The van der Waals surface area contributed by atoms with Gasteiger partial charge in [-0.05, 0) is 50.1 Å². The average molecular weight is 334 g/mol. The molecule has 0 aromatic heterocycles. The molecule has 1 aromatic carbocycles. The number of carbonyl (C=O) groups excluding carboxylic acids is 2. The molecule has 0 bridgehead atoms. The van der Waals surface area contributed by atoms with E-state index in [1.54, 1.807) is 26.8 Å². The van der Waals surface area contributed by atoms with Crippen molar-refractivity contribution in [2.24, 2.45) is 0 Å². The van der Waals surface area contributed by atoms with Crippen molar-refractivity contribution in [2.45, 2.75) is 26.4 Å². The van der Waals surface area contributed by atoms with E-state index in [-0.39, 0.29) is 6.54 Å². The van der Waals surface area contributed by atoms with E-state index in [4.69, 9.17) is 9.47 Å². The summed E-state index contributed by atoms with van der Waals surface area (Å²) in [6, 6.07) is 5.35. The first-order valence-electron chi connectivity index (χ1n) is 7.60. The Morgan fingerprint density at radius 1 is 1.21 bits per heavy atom. The van der Waals surface area contributed by atoms with Crippen LogP contribution in [0.15, 0.2) is 24.8 Å². The SMILES string of the molecule is C=C(CNC(=O)OC(C)(C)C)c1cc(N(C)C)ccc1C(=O)OC. The molecule has 6 nitrogen and oxygen atoms in total. The maximum Gasteiger partial charge on any atom is 0.407 e. The number of nitrogens with one attached hydrogen (secondary N) is 1. The summed E-state index contributed by atoms with van der Waals surface area (Å²) in [6.07, 6.45) is -0.535. The highest BCUT2D eigenvalue weighted by molar-refractivity contribution is 5.96. The fourth-order valence-corrected chi connectivity index (χ4v) is 1.98. The summed E-state index contributed by atoms with van der Waals surface area (Å²) in [5.41, 5.74) is 1.96. The van der Waals surface area contributed by atoms with Gasteiger partial charge in [-0.3, -0.25) is 0 Å². The third kappa shape index (κ3) is 5.61. The summed E-state index contributed by atoms with van der Waals surface area (Å²) in [7, 11) is 5.13. The van der Waals surface area contributed by atoms with E-state index in [0.29, 0.717) is 16.7 Å². The van der Waals surface area contributed by atoms with Gasteiger partial charge in [0.05, 0.1) is 12.7 Å². The lowest BCUT2D eigenvalue weighted by atomic mass is 9.99. The van der Waals surface area contributed by atoms with Gasteiger partial charge >= 0.3 is 12.1 Å². The van der Waals surface area contributed by atoms with Crippen LogP contribution in [0.5, 0.6) is 0 Å². The molecule has 0 aliphatic rings. The van der Waals surface area contributed by atoms with E-state index >= 15 is 0 Å². The molecule has 0 saturated heterocycles. The molecular weight excluding hydrogens is 308 g/mol. The molecule has 1 aromatic rings. The van der Waals surface area contributed by atoms with Gasteiger partial charge in [0.15, 0.2) is 0 Å². The standard InChI is InChI=1S/C18H26N2O4/c1-12(11-19-17(22)24-18(2,3)4)15-10-13(20(5)6)8-9-14(15)16(21)23-7/h8-10H,1,11H2,2-7H3,(H,19,22). The summed E-state index contributed by atoms with van der Waals surface area (Å²) in [5, 5.41) is 2.64. The number of nitrogens with zero attached hydrogens (tertiary/aromatic N) is 1. The van der Waals surface area contributed by atoms with Crippen molar-refractivity contribution in [3.63, 3.8) is 0 Å². The lowest BCUT2D eigenvalue weighted by Crippen LogP contribution is -2.33. The number of ether oxygens (including phenoxy) is 2. The highest BCUT2D eigenvalue weighted by atomic mass is 16.6. The van der Waals surface area contributed by atoms with Gasteiger partial charge in [0, 0.05) is 26.3 Å². The minimum atomic E-state index is -0.576. The Morgan fingerprint density at radius 3 is 2.33 bits per heavy atom. The Morgan fingerprint density at radius 2 is 1.83 bits per heavy atom. The van der Waals surface area contributed by atoms with Gasteiger partial charge in [0.25, 0.3) is 0 Å². The molecule has 132 valence electrons. The van der Waals surface area contributed by atoms with Crippen LogP contribution < -0.4 is 10.2 Å². The maximum atomic E-state index is 12.0. The van der Waals surface area contributed by atoms with E-state index in [1.165, 1.54) is 7.11 Å². The Kier molecular flexibility index (Phi) is 6.40. The monoisotopic (exact) mass is 334 g/mol. The van der Waals surface area contributed by atoms with E-state index in [0.717, 1.165) is 5.69 Å². The first-order valence-corrected chi connectivity index (χ1v) is 7.60. The van der Waals surface area contributed by atoms with Crippen LogP contribution in [-0.4, -0.2) is 45.4 Å². The number of carbonyl (C=O) groups is 2. The highest BCUT2D eigenvalue weighted by Crippen LogP contribution is 2.24. The minimum absolute atomic E-state index is 0.162. The van der Waals surface area contributed by atoms with Crippen LogP contribution in [0.3, 0.4) is 0 Å². The zero-order valence-corrected chi connectivity index (χ0v) is 15.2. The molecule has 0 heterocycles. The van der Waals surface area contributed by atoms with Crippen molar-refractivity contribution in [1.82, 2.24) is 5.32 Å². The Labute approximate surface area is 143 Å². The summed E-state index contributed by atoms with van der Waals surface area (Å²) in [4.78, 5) is 25.6. The number of amides is 1. The first-order chi connectivity index (χ1) is 11.0. The van der Waals surface area contributed by atoms with Crippen molar-refractivity contribution in [3.8, 4) is 0 Å². The van der Waals surface area contributed by atoms with E-state index in [1.807, 2.05) is 31.1 Å². The molecule has 0 atom stereocenters. The normalized spacial score (nSPS) is 10.8. The third-order valence-corrected chi connectivity index (χ3v) is 3.15. The maximum absolute atomic E-state index is 12.0. The summed E-state index contributed by atoms with van der Waals surface area (Å²) < 4.78 is 10.0. The van der Waals surface area contributed by atoms with Gasteiger partial charge in [-0.2, -0.15) is 0 Å². The summed E-state index contributed by atoms with van der Waals surface area (Å²) in [6.45, 7) is 9.50. The van der Waals surface area contributed by atoms with Gasteiger partial charge in [-0.15, -0.1) is 0 Å². The van der Waals surface area contributed by atoms with Crippen LogP contribution in [0.2, 0.25) is 0 Å². The van der Waals surface area contributed by atoms with Crippen LogP contribution in [0.25, 0.3) is 5.57 Å². The molecule has 1 rings (SSSR count). The fourth-order valence-electron chi connectivity index (χ4n) is 1.98. The van der Waals surface area contributed by atoms with Crippen LogP contribution in [0, 0.1) is 0 Å². The van der Waals surface area contributed by atoms with Gasteiger partial charge in [0.2, 0.25) is 0 Å². The van der Waals surface area contributed by atoms with Gasteiger partial charge < -0.3 is 19.7 Å². The Hall–Kier alpha value is -2.50. The zero-order chi connectivity index (χ0) is 18.5. The molecule has 0 fully saturated rings. The number of hydrogen-bond acceptors (Lipinski definition) is 5. The zero-order valence-electron chi connectivity index (χ0n) is 15.2. The van der Waals surface area contributed by atoms with Crippen molar-refractivity contribution in [1.29, 1.82) is 0 Å². The molecule has 24 heavy (non-hydrogen) atoms.